The molecule has 2 heteroatoms. The van der Waals surface area contributed by atoms with E-state index in [1.54, 1.807) is 0 Å². The Hall–Kier alpha value is -2.09. The maximum Gasteiger partial charge on any atom is 0.0590 e. The summed E-state index contributed by atoms with van der Waals surface area (Å²) in [7, 11) is 0. The van der Waals surface area contributed by atoms with Gasteiger partial charge in [0.05, 0.1) is 11.9 Å². The smallest absolute Gasteiger partial charge is 0.0590 e. The zero-order valence-electron chi connectivity index (χ0n) is 10.9. The molecule has 0 aliphatic carbocycles. The van der Waals surface area contributed by atoms with E-state index < -0.39 is 0 Å². The van der Waals surface area contributed by atoms with Gasteiger partial charge in [-0.2, -0.15) is 5.10 Å². The van der Waals surface area contributed by atoms with Gasteiger partial charge in [-0.15, -0.1) is 0 Å². The number of anilines is 1. The van der Waals surface area contributed by atoms with Crippen LogP contribution in [-0.2, 0) is 6.42 Å². The molecule has 0 amide bonds. The zero-order valence-corrected chi connectivity index (χ0v) is 10.9. The molecular weight excluding hydrogens is 220 g/mol. The molecule has 0 unspecified atom stereocenters. The molecular formula is C16H18N2. The SMILES string of the molecule is CCc1ccc(/C=N\Nc2ccccc2C)cc1. The number of hydrogen-bond donors (Lipinski definition) is 1. The number of hydrogen-bond acceptors (Lipinski definition) is 2. The van der Waals surface area contributed by atoms with Crippen LogP contribution >= 0.6 is 0 Å². The van der Waals surface area contributed by atoms with E-state index in [-0.39, 0.29) is 0 Å². The Morgan fingerprint density at radius 2 is 1.78 bits per heavy atom. The first kappa shape index (κ1) is 12.4. The first-order chi connectivity index (χ1) is 8.79. The summed E-state index contributed by atoms with van der Waals surface area (Å²) in [5, 5.41) is 4.25. The van der Waals surface area contributed by atoms with Crippen LogP contribution in [0.15, 0.2) is 53.6 Å². The summed E-state index contributed by atoms with van der Waals surface area (Å²) in [5.41, 5.74) is 7.74. The van der Waals surface area contributed by atoms with Crippen LogP contribution in [0.5, 0.6) is 0 Å². The molecule has 0 atom stereocenters. The van der Waals surface area contributed by atoms with E-state index in [0.29, 0.717) is 0 Å². The van der Waals surface area contributed by atoms with Crippen molar-refractivity contribution >= 4 is 11.9 Å². The van der Waals surface area contributed by atoms with Gasteiger partial charge in [0.15, 0.2) is 0 Å². The molecule has 1 N–H and O–H groups in total. The van der Waals surface area contributed by atoms with E-state index in [0.717, 1.165) is 17.7 Å². The average molecular weight is 238 g/mol. The predicted octanol–water partition coefficient (Wildman–Crippen LogP) is 4.00. The number of benzene rings is 2. The van der Waals surface area contributed by atoms with Gasteiger partial charge in [-0.3, -0.25) is 5.43 Å². The molecule has 2 rings (SSSR count). The summed E-state index contributed by atoms with van der Waals surface area (Å²) in [6, 6.07) is 16.5. The van der Waals surface area contributed by atoms with Gasteiger partial charge in [-0.25, -0.2) is 0 Å². The summed E-state index contributed by atoms with van der Waals surface area (Å²) < 4.78 is 0. The maximum atomic E-state index is 4.25. The minimum atomic E-state index is 1.04. The second-order valence-corrected chi connectivity index (χ2v) is 4.28. The summed E-state index contributed by atoms with van der Waals surface area (Å²) >= 11 is 0. The molecule has 0 fully saturated rings. The van der Waals surface area contributed by atoms with Crippen molar-refractivity contribution in [3.05, 3.63) is 65.2 Å². The van der Waals surface area contributed by atoms with Gasteiger partial charge in [0, 0.05) is 0 Å². The van der Waals surface area contributed by atoms with Crippen LogP contribution in [0.2, 0.25) is 0 Å². The lowest BCUT2D eigenvalue weighted by Crippen LogP contribution is -1.92. The summed E-state index contributed by atoms with van der Waals surface area (Å²) in [4.78, 5) is 0. The maximum absolute atomic E-state index is 4.25. The third-order valence-corrected chi connectivity index (χ3v) is 2.93. The quantitative estimate of drug-likeness (QED) is 0.631. The second-order valence-electron chi connectivity index (χ2n) is 4.28. The molecule has 92 valence electrons. The average Bonchev–Trinajstić information content (AvgIpc) is 2.42. The molecule has 0 saturated heterocycles. The molecule has 0 radical (unpaired) electrons. The van der Waals surface area contributed by atoms with Crippen LogP contribution in [0.25, 0.3) is 0 Å². The highest BCUT2D eigenvalue weighted by atomic mass is 15.3. The third kappa shape index (κ3) is 3.20. The number of aryl methyl sites for hydroxylation is 2. The van der Waals surface area contributed by atoms with E-state index in [4.69, 9.17) is 0 Å². The molecule has 0 spiro atoms. The minimum absolute atomic E-state index is 1.04. The largest absolute Gasteiger partial charge is 0.278 e. The highest BCUT2D eigenvalue weighted by Crippen LogP contribution is 2.12. The van der Waals surface area contributed by atoms with Crippen molar-refractivity contribution in [2.45, 2.75) is 20.3 Å². The zero-order chi connectivity index (χ0) is 12.8. The molecule has 18 heavy (non-hydrogen) atoms. The topological polar surface area (TPSA) is 24.4 Å². The van der Waals surface area contributed by atoms with Gasteiger partial charge < -0.3 is 0 Å². The summed E-state index contributed by atoms with van der Waals surface area (Å²) in [6.45, 7) is 4.22. The van der Waals surface area contributed by atoms with Crippen molar-refractivity contribution in [1.82, 2.24) is 0 Å². The van der Waals surface area contributed by atoms with Crippen molar-refractivity contribution in [1.29, 1.82) is 0 Å². The Morgan fingerprint density at radius 3 is 2.44 bits per heavy atom. The molecule has 2 nitrogen and oxygen atoms in total. The first-order valence-electron chi connectivity index (χ1n) is 6.23. The van der Waals surface area contributed by atoms with Gasteiger partial charge >= 0.3 is 0 Å². The fourth-order valence-electron chi connectivity index (χ4n) is 1.71. The molecule has 0 aromatic heterocycles. The van der Waals surface area contributed by atoms with Crippen molar-refractivity contribution in [3.8, 4) is 0 Å². The van der Waals surface area contributed by atoms with Gasteiger partial charge in [-0.1, -0.05) is 49.4 Å². The van der Waals surface area contributed by atoms with Gasteiger partial charge in [0.25, 0.3) is 0 Å². The number of nitrogens with one attached hydrogen (secondary N) is 1. The Morgan fingerprint density at radius 1 is 1.06 bits per heavy atom. The van der Waals surface area contributed by atoms with Gasteiger partial charge in [0.1, 0.15) is 0 Å². The molecule has 2 aromatic carbocycles. The van der Waals surface area contributed by atoms with Crippen molar-refractivity contribution in [2.24, 2.45) is 5.10 Å². The predicted molar refractivity (Wildman–Crippen MR) is 78.2 cm³/mol. The van der Waals surface area contributed by atoms with E-state index in [2.05, 4.69) is 54.7 Å². The normalized spacial score (nSPS) is 10.8. The number of para-hydroxylation sites is 1. The Bertz CT molecular complexity index is 527. The van der Waals surface area contributed by atoms with E-state index in [1.807, 2.05) is 24.4 Å². The van der Waals surface area contributed by atoms with Crippen LogP contribution in [-0.4, -0.2) is 6.21 Å². The number of hydrazone groups is 1. The van der Waals surface area contributed by atoms with Crippen LogP contribution in [0.1, 0.15) is 23.6 Å². The van der Waals surface area contributed by atoms with Gasteiger partial charge in [-0.05, 0) is 36.1 Å². The second kappa shape index (κ2) is 6.01. The van der Waals surface area contributed by atoms with Crippen LogP contribution in [0, 0.1) is 6.92 Å². The third-order valence-electron chi connectivity index (χ3n) is 2.93. The van der Waals surface area contributed by atoms with E-state index in [9.17, 15) is 0 Å². The fraction of sp³-hybridized carbons (Fsp3) is 0.188. The molecule has 0 saturated carbocycles. The molecule has 0 bridgehead atoms. The lowest BCUT2D eigenvalue weighted by Gasteiger charge is -2.03. The number of nitrogens with zero attached hydrogens (tertiary/aromatic N) is 1. The first-order valence-corrected chi connectivity index (χ1v) is 6.23. The Labute approximate surface area is 108 Å². The highest BCUT2D eigenvalue weighted by Gasteiger charge is 1.93. The van der Waals surface area contributed by atoms with E-state index in [1.165, 1.54) is 11.1 Å². The Balaban J connectivity index is 2.01. The highest BCUT2D eigenvalue weighted by molar-refractivity contribution is 5.80. The Kier molecular flexibility index (Phi) is 4.13. The summed E-state index contributed by atoms with van der Waals surface area (Å²) in [5.74, 6) is 0. The fourth-order valence-corrected chi connectivity index (χ4v) is 1.71. The lowest BCUT2D eigenvalue weighted by atomic mass is 10.1. The molecule has 0 aliphatic heterocycles. The molecule has 2 aromatic rings. The van der Waals surface area contributed by atoms with Crippen LogP contribution in [0.4, 0.5) is 5.69 Å². The molecule has 0 aliphatic rings. The standard InChI is InChI=1S/C16H18N2/c1-3-14-8-10-15(11-9-14)12-17-18-16-7-5-4-6-13(16)2/h4-12,18H,3H2,1-2H3/b17-12-. The van der Waals surface area contributed by atoms with Crippen molar-refractivity contribution < 1.29 is 0 Å². The van der Waals surface area contributed by atoms with Crippen LogP contribution in [0.3, 0.4) is 0 Å². The van der Waals surface area contributed by atoms with E-state index >= 15 is 0 Å². The van der Waals surface area contributed by atoms with Crippen molar-refractivity contribution in [3.63, 3.8) is 0 Å². The monoisotopic (exact) mass is 238 g/mol. The molecule has 0 heterocycles. The minimum Gasteiger partial charge on any atom is -0.278 e. The van der Waals surface area contributed by atoms with Crippen LogP contribution < -0.4 is 5.43 Å². The number of rotatable bonds is 4. The van der Waals surface area contributed by atoms with Crippen molar-refractivity contribution in [2.75, 3.05) is 5.43 Å². The lowest BCUT2D eigenvalue weighted by molar-refractivity contribution is 1.14. The van der Waals surface area contributed by atoms with Gasteiger partial charge in [0.2, 0.25) is 0 Å². The summed E-state index contributed by atoms with van der Waals surface area (Å²) in [6.07, 6.45) is 2.91.